The van der Waals surface area contributed by atoms with E-state index in [-0.39, 0.29) is 6.42 Å². The third-order valence-electron chi connectivity index (χ3n) is 2.65. The zero-order valence-electron chi connectivity index (χ0n) is 8.62. The molecule has 0 radical (unpaired) electrons. The zero-order valence-corrected chi connectivity index (χ0v) is 8.62. The summed E-state index contributed by atoms with van der Waals surface area (Å²) in [5, 5.41) is 0. The van der Waals surface area contributed by atoms with E-state index in [9.17, 15) is 13.2 Å². The van der Waals surface area contributed by atoms with E-state index in [0.29, 0.717) is 0 Å². The lowest BCUT2D eigenvalue weighted by molar-refractivity contribution is -0.263. The molecule has 1 aromatic carbocycles. The largest absolute Gasteiger partial charge is 0.446 e. The van der Waals surface area contributed by atoms with E-state index >= 15 is 0 Å². The van der Waals surface area contributed by atoms with Crippen molar-refractivity contribution in [2.75, 3.05) is 7.11 Å². The third-order valence-corrected chi connectivity index (χ3v) is 2.65. The lowest BCUT2D eigenvalue weighted by Gasteiger charge is -2.14. The molecule has 2 nitrogen and oxygen atoms in total. The number of benzene rings is 1. The highest BCUT2D eigenvalue weighted by Gasteiger charge is 2.74. The van der Waals surface area contributed by atoms with E-state index in [0.717, 1.165) is 12.7 Å². The molecule has 1 aliphatic heterocycles. The Morgan fingerprint density at radius 2 is 1.94 bits per heavy atom. The van der Waals surface area contributed by atoms with Gasteiger partial charge >= 0.3 is 6.18 Å². The van der Waals surface area contributed by atoms with E-state index in [1.165, 1.54) is 0 Å². The van der Waals surface area contributed by atoms with Gasteiger partial charge in [0.05, 0.1) is 0 Å². The van der Waals surface area contributed by atoms with E-state index < -0.39 is 18.1 Å². The number of halogens is 3. The average molecular weight is 232 g/mol. The summed E-state index contributed by atoms with van der Waals surface area (Å²) in [6.45, 7) is 0. The van der Waals surface area contributed by atoms with Crippen molar-refractivity contribution >= 4 is 0 Å². The van der Waals surface area contributed by atoms with Gasteiger partial charge in [-0.15, -0.1) is 0 Å². The summed E-state index contributed by atoms with van der Waals surface area (Å²) in [7, 11) is 1.01. The van der Waals surface area contributed by atoms with Crippen molar-refractivity contribution in [2.24, 2.45) is 0 Å². The van der Waals surface area contributed by atoms with Gasteiger partial charge in [-0.3, -0.25) is 0 Å². The quantitative estimate of drug-likeness (QED) is 0.747. The molecule has 0 amide bonds. The van der Waals surface area contributed by atoms with Gasteiger partial charge in [-0.1, -0.05) is 30.3 Å². The molecular weight excluding hydrogens is 221 g/mol. The first-order valence-corrected chi connectivity index (χ1v) is 4.83. The van der Waals surface area contributed by atoms with E-state index in [4.69, 9.17) is 0 Å². The third kappa shape index (κ3) is 1.81. The molecule has 5 heteroatoms. The molecule has 2 atom stereocenters. The monoisotopic (exact) mass is 232 g/mol. The molecular formula is C11H11F3O2. The Kier molecular flexibility index (Phi) is 2.67. The van der Waals surface area contributed by atoms with E-state index in [1.54, 1.807) is 24.3 Å². The summed E-state index contributed by atoms with van der Waals surface area (Å²) < 4.78 is 46.9. The fraction of sp³-hybridized carbons (Fsp3) is 0.455. The highest BCUT2D eigenvalue weighted by molar-refractivity contribution is 5.19. The number of methoxy groups -OCH3 is 1. The first-order chi connectivity index (χ1) is 7.49. The smallest absolute Gasteiger partial charge is 0.344 e. The Hall–Kier alpha value is -1.07. The molecule has 0 aliphatic carbocycles. The second-order valence-corrected chi connectivity index (χ2v) is 3.67. The van der Waals surface area contributed by atoms with Gasteiger partial charge in [0.25, 0.3) is 5.79 Å². The van der Waals surface area contributed by atoms with Crippen LogP contribution >= 0.6 is 0 Å². The van der Waals surface area contributed by atoms with Crippen LogP contribution in [0, 0.1) is 0 Å². The van der Waals surface area contributed by atoms with Gasteiger partial charge in [0.15, 0.2) is 0 Å². The van der Waals surface area contributed by atoms with Crippen LogP contribution in [0.1, 0.15) is 5.56 Å². The predicted molar refractivity (Wildman–Crippen MR) is 50.8 cm³/mol. The van der Waals surface area contributed by atoms with Crippen LogP contribution in [0.3, 0.4) is 0 Å². The van der Waals surface area contributed by atoms with Gasteiger partial charge in [0.2, 0.25) is 0 Å². The molecule has 1 aliphatic rings. The molecule has 88 valence electrons. The van der Waals surface area contributed by atoms with Crippen molar-refractivity contribution < 1.29 is 22.6 Å². The fourth-order valence-corrected chi connectivity index (χ4v) is 1.73. The Morgan fingerprint density at radius 1 is 1.31 bits per heavy atom. The van der Waals surface area contributed by atoms with Crippen molar-refractivity contribution in [2.45, 2.75) is 24.5 Å². The van der Waals surface area contributed by atoms with Gasteiger partial charge in [-0.2, -0.15) is 13.2 Å². The number of ether oxygens (including phenoxy) is 2. The molecule has 1 saturated heterocycles. The number of epoxide rings is 1. The van der Waals surface area contributed by atoms with Gasteiger partial charge in [0.1, 0.15) is 6.10 Å². The molecule has 0 aromatic heterocycles. The maximum Gasteiger partial charge on any atom is 0.446 e. The maximum atomic E-state index is 12.6. The number of rotatable bonds is 3. The second kappa shape index (κ2) is 3.75. The van der Waals surface area contributed by atoms with Crippen LogP contribution in [-0.4, -0.2) is 25.2 Å². The minimum Gasteiger partial charge on any atom is -0.344 e. The van der Waals surface area contributed by atoms with Crippen molar-refractivity contribution in [1.29, 1.82) is 0 Å². The lowest BCUT2D eigenvalue weighted by Crippen LogP contribution is -2.37. The topological polar surface area (TPSA) is 21.8 Å². The summed E-state index contributed by atoms with van der Waals surface area (Å²) in [5.41, 5.74) is 0.802. The van der Waals surface area contributed by atoms with E-state index in [2.05, 4.69) is 9.47 Å². The van der Waals surface area contributed by atoms with Crippen LogP contribution in [0.25, 0.3) is 0 Å². The predicted octanol–water partition coefficient (Wildman–Crippen LogP) is 2.53. The van der Waals surface area contributed by atoms with Crippen LogP contribution in [0.2, 0.25) is 0 Å². The first kappa shape index (κ1) is 11.4. The Bertz CT molecular complexity index is 363. The minimum absolute atomic E-state index is 0.203. The minimum atomic E-state index is -4.48. The highest BCUT2D eigenvalue weighted by Crippen LogP contribution is 2.51. The maximum absolute atomic E-state index is 12.6. The van der Waals surface area contributed by atoms with Crippen molar-refractivity contribution in [1.82, 2.24) is 0 Å². The Morgan fingerprint density at radius 3 is 2.38 bits per heavy atom. The summed E-state index contributed by atoms with van der Waals surface area (Å²) >= 11 is 0. The van der Waals surface area contributed by atoms with Crippen molar-refractivity contribution in [3.8, 4) is 0 Å². The SMILES string of the molecule is CO[C@]1(C(F)(F)F)O[C@@H]1Cc1ccccc1. The fourth-order valence-electron chi connectivity index (χ4n) is 1.73. The number of hydrogen-bond donors (Lipinski definition) is 0. The van der Waals surface area contributed by atoms with Gasteiger partial charge in [0, 0.05) is 13.5 Å². The normalized spacial score (nSPS) is 29.1. The molecule has 1 heterocycles. The average Bonchev–Trinajstić information content (AvgIpc) is 2.94. The van der Waals surface area contributed by atoms with Crippen LogP contribution in [0.15, 0.2) is 30.3 Å². The number of hydrogen-bond acceptors (Lipinski definition) is 2. The molecule has 1 fully saturated rings. The standard InChI is InChI=1S/C11H11F3O2/c1-15-10(11(12,13)14)9(16-10)7-8-5-3-2-4-6-8/h2-6,9H,7H2,1H3/t9-,10+/m1/s1. The summed E-state index contributed by atoms with van der Waals surface area (Å²) in [6.07, 6.45) is -5.23. The Labute approximate surface area is 91.0 Å². The molecule has 0 unspecified atom stereocenters. The van der Waals surface area contributed by atoms with E-state index in [1.807, 2.05) is 6.07 Å². The van der Waals surface area contributed by atoms with Crippen molar-refractivity contribution in [3.05, 3.63) is 35.9 Å². The highest BCUT2D eigenvalue weighted by atomic mass is 19.4. The van der Waals surface area contributed by atoms with Crippen LogP contribution < -0.4 is 0 Å². The first-order valence-electron chi connectivity index (χ1n) is 4.83. The Balaban J connectivity index is 2.06. The molecule has 0 spiro atoms. The molecule has 2 rings (SSSR count). The summed E-state index contributed by atoms with van der Waals surface area (Å²) in [5.74, 6) is -2.40. The molecule has 0 saturated carbocycles. The van der Waals surface area contributed by atoms with Crippen LogP contribution in [-0.2, 0) is 15.9 Å². The van der Waals surface area contributed by atoms with Gasteiger partial charge in [-0.25, -0.2) is 0 Å². The molecule has 16 heavy (non-hydrogen) atoms. The van der Waals surface area contributed by atoms with Crippen LogP contribution in [0.4, 0.5) is 13.2 Å². The molecule has 0 bridgehead atoms. The zero-order chi connectivity index (χ0) is 11.8. The summed E-state index contributed by atoms with van der Waals surface area (Å²) in [4.78, 5) is 0. The van der Waals surface area contributed by atoms with Crippen molar-refractivity contribution in [3.63, 3.8) is 0 Å². The van der Waals surface area contributed by atoms with Gasteiger partial charge < -0.3 is 9.47 Å². The molecule has 1 aromatic rings. The second-order valence-electron chi connectivity index (χ2n) is 3.67. The summed E-state index contributed by atoms with van der Waals surface area (Å²) in [6, 6.07) is 8.89. The number of alkyl halides is 3. The van der Waals surface area contributed by atoms with Crippen LogP contribution in [0.5, 0.6) is 0 Å². The van der Waals surface area contributed by atoms with Gasteiger partial charge in [-0.05, 0) is 5.56 Å². The molecule has 0 N–H and O–H groups in total. The lowest BCUT2D eigenvalue weighted by atomic mass is 10.1.